The molecule has 1 fully saturated rings. The standard InChI is InChI=1S/C20H14N4.C9H9BN6O3.C6H13NO3S/c1-2-14-10-16-5-6-18(23-16)12-20-8-7-19(24-20)11-17-4-3-15(22-17)9-13(1)21-14;1-4-11-14(7-1)17-10(18-15-8-2-5-12-15)19-16-9-3-6-13-16;8-11(9,10)7-6-4-2-1-3-5-6/h1-12,21-22H;1-9H;6-7H,1-5H2,(H,8,9,10). The van der Waals surface area contributed by atoms with Gasteiger partial charge in [-0.3, -0.25) is 4.55 Å². The third-order valence-corrected chi connectivity index (χ3v) is 8.62. The molecule has 0 atom stereocenters. The maximum absolute atomic E-state index is 10.3. The Hall–Kier alpha value is -6.44. The van der Waals surface area contributed by atoms with Crippen molar-refractivity contribution in [2.24, 2.45) is 0 Å². The monoisotopic (exact) mass is 749 g/mol. The van der Waals surface area contributed by atoms with E-state index in [9.17, 15) is 8.42 Å². The summed E-state index contributed by atoms with van der Waals surface area (Å²) < 4.78 is 47.3. The molecule has 19 heteroatoms. The van der Waals surface area contributed by atoms with Crippen LogP contribution < -0.4 is 19.0 Å². The molecule has 276 valence electrons. The molecule has 9 rings (SSSR count). The summed E-state index contributed by atoms with van der Waals surface area (Å²) >= 11 is 0. The van der Waals surface area contributed by atoms with Crippen molar-refractivity contribution in [3.8, 4) is 0 Å². The fourth-order valence-corrected chi connectivity index (χ4v) is 6.31. The van der Waals surface area contributed by atoms with Crippen LogP contribution >= 0.6 is 0 Å². The molecular formula is C35H36BN11O6S. The first-order valence-corrected chi connectivity index (χ1v) is 18.5. The van der Waals surface area contributed by atoms with E-state index in [1.54, 1.807) is 55.4 Å². The minimum atomic E-state index is -3.97. The molecule has 2 aliphatic heterocycles. The van der Waals surface area contributed by atoms with E-state index in [0.29, 0.717) is 0 Å². The maximum Gasteiger partial charge on any atom is 0.929 e. The van der Waals surface area contributed by atoms with Crippen LogP contribution in [0.1, 0.15) is 54.9 Å². The Balaban J connectivity index is 0.000000134. The number of hydrogen-bond donors (Lipinski definition) is 4. The lowest BCUT2D eigenvalue weighted by molar-refractivity contribution is 0.0401. The maximum atomic E-state index is 10.3. The lowest BCUT2D eigenvalue weighted by Crippen LogP contribution is -2.49. The smallest absolute Gasteiger partial charge is 0.380 e. The van der Waals surface area contributed by atoms with Gasteiger partial charge in [-0.05, 0) is 104 Å². The van der Waals surface area contributed by atoms with Crippen molar-refractivity contribution in [3.63, 3.8) is 0 Å². The number of nitrogens with one attached hydrogen (secondary N) is 3. The molecule has 0 amide bonds. The molecule has 1 saturated carbocycles. The first kappa shape index (κ1) is 35.9. The molecule has 8 bridgehead atoms. The van der Waals surface area contributed by atoms with E-state index >= 15 is 0 Å². The average Bonchev–Trinajstić information content (AvgIpc) is 3.98. The molecule has 0 saturated heterocycles. The normalized spacial score (nSPS) is 13.6. The minimum Gasteiger partial charge on any atom is -0.380 e. The number of aromatic nitrogens is 10. The second-order valence-corrected chi connectivity index (χ2v) is 13.3. The highest BCUT2D eigenvalue weighted by atomic mass is 32.2. The van der Waals surface area contributed by atoms with Gasteiger partial charge in [0.05, 0.1) is 60.0 Å². The van der Waals surface area contributed by atoms with Crippen LogP contribution in [-0.2, 0) is 10.3 Å². The van der Waals surface area contributed by atoms with E-state index in [4.69, 9.17) is 18.8 Å². The Morgan fingerprint density at radius 3 is 1.43 bits per heavy atom. The summed E-state index contributed by atoms with van der Waals surface area (Å²) in [6, 6.07) is 21.5. The zero-order chi connectivity index (χ0) is 37.2. The van der Waals surface area contributed by atoms with Crippen LogP contribution in [0.3, 0.4) is 0 Å². The van der Waals surface area contributed by atoms with Crippen molar-refractivity contribution < 1.29 is 27.2 Å². The van der Waals surface area contributed by atoms with E-state index < -0.39 is 17.6 Å². The molecule has 6 aromatic heterocycles. The highest BCUT2D eigenvalue weighted by molar-refractivity contribution is 7.83. The Morgan fingerprint density at radius 2 is 1.04 bits per heavy atom. The molecule has 3 aliphatic rings. The number of fused-ring (bicyclic) bond motifs is 8. The molecule has 4 N–H and O–H groups in total. The SMILES string of the molecule is C1=Cc2cc3ccc(cc4ccc(cc5nc(cc1n2)C=C5)[nH]4)[nH]3.O=S(=O)(O)NC1CCCCC1.c1cnn(OB(On2cccn2)On2cccn2)c1. The van der Waals surface area contributed by atoms with E-state index in [1.165, 1.54) is 21.0 Å². The predicted molar refractivity (Wildman–Crippen MR) is 203 cm³/mol. The fraction of sp³-hybridized carbons (Fsp3) is 0.171. The summed E-state index contributed by atoms with van der Waals surface area (Å²) in [7, 11) is -5.09. The summed E-state index contributed by atoms with van der Waals surface area (Å²) in [4.78, 5) is 19.6. The van der Waals surface area contributed by atoms with Crippen molar-refractivity contribution in [2.45, 2.75) is 38.1 Å². The van der Waals surface area contributed by atoms with Crippen LogP contribution in [0.4, 0.5) is 0 Å². The van der Waals surface area contributed by atoms with Crippen LogP contribution in [-0.4, -0.2) is 76.1 Å². The van der Waals surface area contributed by atoms with Gasteiger partial charge in [-0.2, -0.15) is 13.1 Å². The quantitative estimate of drug-likeness (QED) is 0.127. The van der Waals surface area contributed by atoms with Crippen molar-refractivity contribution in [1.82, 2.24) is 54.5 Å². The summed E-state index contributed by atoms with van der Waals surface area (Å²) in [5.41, 5.74) is 7.86. The number of H-pyrrole nitrogens is 2. The van der Waals surface area contributed by atoms with Crippen molar-refractivity contribution >= 4 is 64.0 Å². The molecule has 1 aliphatic carbocycles. The molecular weight excluding hydrogens is 713 g/mol. The number of hydrogen-bond acceptors (Lipinski definition) is 10. The summed E-state index contributed by atoms with van der Waals surface area (Å²) in [6.45, 7) is 0. The van der Waals surface area contributed by atoms with Gasteiger partial charge in [-0.25, -0.2) is 9.97 Å². The summed E-state index contributed by atoms with van der Waals surface area (Å²) in [6.07, 6.45) is 22.5. The first-order valence-electron chi connectivity index (χ1n) is 17.1. The van der Waals surface area contributed by atoms with Crippen LogP contribution in [0.25, 0.3) is 46.4 Å². The summed E-state index contributed by atoms with van der Waals surface area (Å²) in [5, 5.41) is 11.7. The highest BCUT2D eigenvalue weighted by Gasteiger charge is 2.34. The average molecular weight is 750 g/mol. The van der Waals surface area contributed by atoms with Gasteiger partial charge in [-0.1, -0.05) is 19.3 Å². The third-order valence-electron chi connectivity index (χ3n) is 7.99. The molecule has 8 heterocycles. The van der Waals surface area contributed by atoms with Gasteiger partial charge in [-0.15, -0.1) is 29.8 Å². The van der Waals surface area contributed by atoms with Gasteiger partial charge in [0.1, 0.15) is 0 Å². The molecule has 0 unspecified atom stereocenters. The zero-order valence-corrected chi connectivity index (χ0v) is 29.6. The molecule has 54 heavy (non-hydrogen) atoms. The molecule has 6 aromatic rings. The van der Waals surface area contributed by atoms with E-state index in [2.05, 4.69) is 70.3 Å². The van der Waals surface area contributed by atoms with Crippen LogP contribution in [0.2, 0.25) is 0 Å². The second-order valence-electron chi connectivity index (χ2n) is 12.2. The van der Waals surface area contributed by atoms with Crippen LogP contribution in [0, 0.1) is 0 Å². The molecule has 0 aromatic carbocycles. The van der Waals surface area contributed by atoms with Crippen molar-refractivity contribution in [3.05, 3.63) is 127 Å². The molecule has 17 nitrogen and oxygen atoms in total. The lowest BCUT2D eigenvalue weighted by Gasteiger charge is -2.20. The topological polar surface area (TPSA) is 205 Å². The van der Waals surface area contributed by atoms with Crippen LogP contribution in [0.15, 0.2) is 104 Å². The Kier molecular flexibility index (Phi) is 11.3. The Morgan fingerprint density at radius 1 is 0.630 bits per heavy atom. The van der Waals surface area contributed by atoms with E-state index in [1.807, 2.05) is 42.5 Å². The molecule has 0 radical (unpaired) electrons. The number of nitrogens with zero attached hydrogens (tertiary/aromatic N) is 8. The lowest BCUT2D eigenvalue weighted by atomic mass is 9.96. The fourth-order valence-electron chi connectivity index (χ4n) is 5.65. The van der Waals surface area contributed by atoms with Gasteiger partial charge in [0.15, 0.2) is 0 Å². The van der Waals surface area contributed by atoms with Crippen molar-refractivity contribution in [2.75, 3.05) is 0 Å². The number of rotatable bonds is 8. The Labute approximate surface area is 309 Å². The van der Waals surface area contributed by atoms with Gasteiger partial charge in [0, 0.05) is 28.1 Å². The van der Waals surface area contributed by atoms with E-state index in [0.717, 1.165) is 70.5 Å². The highest BCUT2D eigenvalue weighted by Crippen LogP contribution is 2.18. The third kappa shape index (κ3) is 10.8. The predicted octanol–water partition coefficient (Wildman–Crippen LogP) is 4.31. The van der Waals surface area contributed by atoms with Gasteiger partial charge in [0.2, 0.25) is 0 Å². The van der Waals surface area contributed by atoms with Gasteiger partial charge >= 0.3 is 17.6 Å². The van der Waals surface area contributed by atoms with Gasteiger partial charge in [0.25, 0.3) is 0 Å². The first-order chi connectivity index (χ1) is 26.3. The van der Waals surface area contributed by atoms with Crippen molar-refractivity contribution in [1.29, 1.82) is 0 Å². The molecule has 0 spiro atoms. The largest absolute Gasteiger partial charge is 0.929 e. The van der Waals surface area contributed by atoms with E-state index in [-0.39, 0.29) is 6.04 Å². The summed E-state index contributed by atoms with van der Waals surface area (Å²) in [5.74, 6) is 0. The zero-order valence-electron chi connectivity index (χ0n) is 28.8. The number of aromatic amines is 2. The Bertz CT molecular complexity index is 2260. The minimum absolute atomic E-state index is 0.0428. The van der Waals surface area contributed by atoms with Crippen LogP contribution in [0.5, 0.6) is 0 Å². The second kappa shape index (κ2) is 16.9. The van der Waals surface area contributed by atoms with Gasteiger partial charge < -0.3 is 24.2 Å².